The molecule has 1 aliphatic heterocycles. The first-order valence-electron chi connectivity index (χ1n) is 11.7. The van der Waals surface area contributed by atoms with Gasteiger partial charge < -0.3 is 19.3 Å². The van der Waals surface area contributed by atoms with E-state index in [0.717, 1.165) is 48.0 Å². The van der Waals surface area contributed by atoms with Gasteiger partial charge in [0.25, 0.3) is 0 Å². The second-order valence-corrected chi connectivity index (χ2v) is 9.68. The molecule has 1 fully saturated rings. The fraction of sp³-hybridized carbons (Fsp3) is 0.440. The Morgan fingerprint density at radius 1 is 1.21 bits per heavy atom. The highest BCUT2D eigenvalue weighted by Gasteiger charge is 2.24. The molecule has 0 unspecified atom stereocenters. The van der Waals surface area contributed by atoms with Gasteiger partial charge in [0.05, 0.1) is 13.2 Å². The van der Waals surface area contributed by atoms with Crippen molar-refractivity contribution in [2.75, 3.05) is 37.7 Å². The van der Waals surface area contributed by atoms with Crippen LogP contribution < -0.4 is 14.4 Å². The standard InChI is InChI=1S/C25H31FN4O3S/c1-17(2)24-28-25(33-29-24)30-12-9-18(10-13-30)16-32-20-5-3-19(4-6-20)22-8-7-21(15-23(22)26)34-27-11-14-31/h3-8,15,17-18,27,31H,9-14,16H2,1-2H3. The van der Waals surface area contributed by atoms with Gasteiger partial charge in [-0.15, -0.1) is 0 Å². The molecule has 0 atom stereocenters. The number of piperidine rings is 1. The van der Waals surface area contributed by atoms with Gasteiger partial charge in [0.2, 0.25) is 0 Å². The predicted molar refractivity (Wildman–Crippen MR) is 132 cm³/mol. The van der Waals surface area contributed by atoms with Crippen LogP contribution in [0.15, 0.2) is 51.9 Å². The number of rotatable bonds is 10. The van der Waals surface area contributed by atoms with Crippen molar-refractivity contribution in [3.8, 4) is 16.9 Å². The number of ether oxygens (including phenoxy) is 1. The zero-order valence-electron chi connectivity index (χ0n) is 19.5. The first kappa shape index (κ1) is 24.5. The van der Waals surface area contributed by atoms with E-state index < -0.39 is 0 Å². The van der Waals surface area contributed by atoms with Crippen molar-refractivity contribution in [3.05, 3.63) is 54.1 Å². The van der Waals surface area contributed by atoms with Gasteiger partial charge in [-0.2, -0.15) is 4.98 Å². The average molecular weight is 487 g/mol. The molecular formula is C25H31FN4O3S. The SMILES string of the molecule is CC(C)c1noc(N2CCC(COc3ccc(-c4ccc(SNCCO)cc4F)cc3)CC2)n1. The van der Waals surface area contributed by atoms with Gasteiger partial charge in [0.15, 0.2) is 5.82 Å². The molecule has 3 aromatic rings. The summed E-state index contributed by atoms with van der Waals surface area (Å²) in [6.45, 7) is 6.99. The third kappa shape index (κ3) is 6.28. The topological polar surface area (TPSA) is 83.7 Å². The Morgan fingerprint density at radius 2 is 1.97 bits per heavy atom. The Hall–Kier alpha value is -2.62. The van der Waals surface area contributed by atoms with Crippen LogP contribution in [0, 0.1) is 11.7 Å². The second kappa shape index (κ2) is 11.7. The zero-order chi connectivity index (χ0) is 23.9. The number of hydrogen-bond donors (Lipinski definition) is 2. The minimum atomic E-state index is -0.280. The summed E-state index contributed by atoms with van der Waals surface area (Å²) in [7, 11) is 0. The van der Waals surface area contributed by atoms with Gasteiger partial charge in [-0.25, -0.2) is 4.39 Å². The maximum absolute atomic E-state index is 14.6. The Balaban J connectivity index is 1.26. The van der Waals surface area contributed by atoms with E-state index in [-0.39, 0.29) is 18.3 Å². The summed E-state index contributed by atoms with van der Waals surface area (Å²) < 4.78 is 29.0. The molecule has 2 heterocycles. The number of halogens is 1. The van der Waals surface area contributed by atoms with Crippen LogP contribution in [-0.2, 0) is 0 Å². The van der Waals surface area contributed by atoms with Crippen molar-refractivity contribution in [2.45, 2.75) is 37.5 Å². The van der Waals surface area contributed by atoms with E-state index in [9.17, 15) is 4.39 Å². The van der Waals surface area contributed by atoms with Crippen molar-refractivity contribution in [2.24, 2.45) is 5.92 Å². The number of aliphatic hydroxyl groups is 1. The van der Waals surface area contributed by atoms with Gasteiger partial charge in [0, 0.05) is 36.0 Å². The summed E-state index contributed by atoms with van der Waals surface area (Å²) in [6.07, 6.45) is 2.00. The van der Waals surface area contributed by atoms with Crippen molar-refractivity contribution < 1.29 is 18.8 Å². The van der Waals surface area contributed by atoms with Crippen LogP contribution in [-0.4, -0.2) is 48.1 Å². The largest absolute Gasteiger partial charge is 0.493 e. The molecule has 2 N–H and O–H groups in total. The second-order valence-electron chi connectivity index (χ2n) is 8.72. The van der Waals surface area contributed by atoms with Crippen LogP contribution in [0.3, 0.4) is 0 Å². The third-order valence-corrected chi connectivity index (χ3v) is 6.67. The van der Waals surface area contributed by atoms with Gasteiger partial charge in [0.1, 0.15) is 11.6 Å². The Kier molecular flexibility index (Phi) is 8.42. The minimum absolute atomic E-state index is 0.0422. The predicted octanol–water partition coefficient (Wildman–Crippen LogP) is 4.88. The van der Waals surface area contributed by atoms with E-state index in [1.165, 1.54) is 18.0 Å². The summed E-state index contributed by atoms with van der Waals surface area (Å²) >= 11 is 1.30. The molecule has 0 radical (unpaired) electrons. The average Bonchev–Trinajstić information content (AvgIpc) is 3.35. The lowest BCUT2D eigenvalue weighted by molar-refractivity contribution is 0.220. The van der Waals surface area contributed by atoms with E-state index in [2.05, 4.69) is 33.6 Å². The lowest BCUT2D eigenvalue weighted by Gasteiger charge is -2.30. The van der Waals surface area contributed by atoms with Crippen LogP contribution in [0.5, 0.6) is 5.75 Å². The quantitative estimate of drug-likeness (QED) is 0.310. The summed E-state index contributed by atoms with van der Waals surface area (Å²) in [5.41, 5.74) is 1.35. The number of benzene rings is 2. The molecule has 0 amide bonds. The molecule has 9 heteroatoms. The molecule has 1 aromatic heterocycles. The fourth-order valence-corrected chi connectivity index (χ4v) is 4.46. The zero-order valence-corrected chi connectivity index (χ0v) is 20.4. The van der Waals surface area contributed by atoms with Crippen molar-refractivity contribution in [1.82, 2.24) is 14.9 Å². The van der Waals surface area contributed by atoms with Gasteiger partial charge in [-0.1, -0.05) is 37.2 Å². The Labute approximate surface area is 203 Å². The summed E-state index contributed by atoms with van der Waals surface area (Å²) in [4.78, 5) is 7.40. The highest BCUT2D eigenvalue weighted by molar-refractivity contribution is 7.97. The molecule has 1 aliphatic rings. The fourth-order valence-electron chi connectivity index (χ4n) is 3.80. The Bertz CT molecular complexity index is 1050. The van der Waals surface area contributed by atoms with Crippen LogP contribution >= 0.6 is 11.9 Å². The van der Waals surface area contributed by atoms with Crippen molar-refractivity contribution in [3.63, 3.8) is 0 Å². The lowest BCUT2D eigenvalue weighted by atomic mass is 9.98. The van der Waals surface area contributed by atoms with E-state index in [0.29, 0.717) is 30.6 Å². The maximum Gasteiger partial charge on any atom is 0.324 e. The molecule has 7 nitrogen and oxygen atoms in total. The molecule has 4 rings (SSSR count). The summed E-state index contributed by atoms with van der Waals surface area (Å²) in [6, 6.07) is 13.3. The number of anilines is 1. The number of nitrogens with zero attached hydrogens (tertiary/aromatic N) is 3. The van der Waals surface area contributed by atoms with Crippen LogP contribution in [0.25, 0.3) is 11.1 Å². The smallest absolute Gasteiger partial charge is 0.324 e. The molecule has 2 aromatic carbocycles. The van der Waals surface area contributed by atoms with Crippen molar-refractivity contribution in [1.29, 1.82) is 0 Å². The highest BCUT2D eigenvalue weighted by Crippen LogP contribution is 2.29. The summed E-state index contributed by atoms with van der Waals surface area (Å²) in [5.74, 6) is 1.96. The van der Waals surface area contributed by atoms with Crippen LogP contribution in [0.4, 0.5) is 10.4 Å². The normalized spacial score (nSPS) is 14.7. The van der Waals surface area contributed by atoms with Crippen LogP contribution in [0.2, 0.25) is 0 Å². The molecule has 182 valence electrons. The van der Waals surface area contributed by atoms with E-state index in [1.54, 1.807) is 6.07 Å². The van der Waals surface area contributed by atoms with E-state index in [1.807, 2.05) is 30.3 Å². The van der Waals surface area contributed by atoms with Gasteiger partial charge >= 0.3 is 6.01 Å². The van der Waals surface area contributed by atoms with Crippen molar-refractivity contribution >= 4 is 18.0 Å². The maximum atomic E-state index is 14.6. The molecular weight excluding hydrogens is 455 g/mol. The van der Waals surface area contributed by atoms with Crippen LogP contribution in [0.1, 0.15) is 38.4 Å². The highest BCUT2D eigenvalue weighted by atomic mass is 32.2. The van der Waals surface area contributed by atoms with E-state index in [4.69, 9.17) is 14.4 Å². The molecule has 0 spiro atoms. The first-order chi connectivity index (χ1) is 16.5. The minimum Gasteiger partial charge on any atom is -0.493 e. The van der Waals surface area contributed by atoms with E-state index >= 15 is 0 Å². The Morgan fingerprint density at radius 3 is 2.62 bits per heavy atom. The number of nitrogens with one attached hydrogen (secondary N) is 1. The molecule has 34 heavy (non-hydrogen) atoms. The number of aromatic nitrogens is 2. The monoisotopic (exact) mass is 486 g/mol. The number of aliphatic hydroxyl groups excluding tert-OH is 1. The molecule has 0 aliphatic carbocycles. The van der Waals surface area contributed by atoms with Gasteiger partial charge in [-0.3, -0.25) is 4.72 Å². The lowest BCUT2D eigenvalue weighted by Crippen LogP contribution is -2.35. The first-order valence-corrected chi connectivity index (χ1v) is 12.5. The molecule has 0 bridgehead atoms. The molecule has 0 saturated carbocycles. The van der Waals surface area contributed by atoms with Gasteiger partial charge in [-0.05, 0) is 60.5 Å². The third-order valence-electron chi connectivity index (χ3n) is 5.83. The summed E-state index contributed by atoms with van der Waals surface area (Å²) in [5, 5.41) is 12.9. The molecule has 1 saturated heterocycles. The number of hydrogen-bond acceptors (Lipinski definition) is 8.